The molecule has 1 nitrogen and oxygen atoms in total. The van der Waals surface area contributed by atoms with Gasteiger partial charge in [-0.3, -0.25) is 0 Å². The zero-order valence-electron chi connectivity index (χ0n) is 7.57. The van der Waals surface area contributed by atoms with Crippen molar-refractivity contribution in [3.63, 3.8) is 0 Å². The standard InChI is InChI=1S/C10H14OS2/c1-7(11)10-3-8(5-12)2-9(4-10)6-13/h2-4,7,11-13H,5-6H2,1H3. The molecule has 1 unspecified atom stereocenters. The molecule has 0 bridgehead atoms. The summed E-state index contributed by atoms with van der Waals surface area (Å²) in [4.78, 5) is 0. The highest BCUT2D eigenvalue weighted by Gasteiger charge is 2.03. The molecule has 1 aromatic rings. The average Bonchev–Trinajstić information content (AvgIpc) is 2.16. The maximum atomic E-state index is 9.41. The summed E-state index contributed by atoms with van der Waals surface area (Å²) >= 11 is 8.41. The minimum absolute atomic E-state index is 0.418. The Morgan fingerprint density at radius 2 is 1.62 bits per heavy atom. The second-order valence-corrected chi connectivity index (χ2v) is 3.71. The van der Waals surface area contributed by atoms with Gasteiger partial charge in [-0.05, 0) is 23.6 Å². The van der Waals surface area contributed by atoms with Gasteiger partial charge in [-0.2, -0.15) is 25.3 Å². The number of aliphatic hydroxyl groups excluding tert-OH is 1. The van der Waals surface area contributed by atoms with Crippen molar-refractivity contribution in [2.45, 2.75) is 24.5 Å². The average molecular weight is 214 g/mol. The van der Waals surface area contributed by atoms with Crippen LogP contribution in [-0.4, -0.2) is 5.11 Å². The Kier molecular flexibility index (Phi) is 4.16. The first-order chi connectivity index (χ1) is 6.17. The van der Waals surface area contributed by atoms with Crippen molar-refractivity contribution in [2.75, 3.05) is 0 Å². The van der Waals surface area contributed by atoms with Crippen LogP contribution in [0.1, 0.15) is 29.7 Å². The van der Waals surface area contributed by atoms with E-state index in [9.17, 15) is 5.11 Å². The zero-order valence-corrected chi connectivity index (χ0v) is 9.35. The van der Waals surface area contributed by atoms with Crippen molar-refractivity contribution in [2.24, 2.45) is 0 Å². The molecule has 0 radical (unpaired) electrons. The maximum Gasteiger partial charge on any atom is 0.0762 e. The molecular formula is C10H14OS2. The molecule has 0 fully saturated rings. The predicted octanol–water partition coefficient (Wildman–Crippen LogP) is 2.60. The molecule has 0 amide bonds. The fraction of sp³-hybridized carbons (Fsp3) is 0.400. The van der Waals surface area contributed by atoms with Gasteiger partial charge in [-0.1, -0.05) is 18.2 Å². The second kappa shape index (κ2) is 4.94. The number of benzene rings is 1. The van der Waals surface area contributed by atoms with Crippen molar-refractivity contribution in [3.05, 3.63) is 34.9 Å². The van der Waals surface area contributed by atoms with Crippen molar-refractivity contribution >= 4 is 25.3 Å². The summed E-state index contributed by atoms with van der Waals surface area (Å²) in [6.07, 6.45) is -0.418. The van der Waals surface area contributed by atoms with E-state index in [4.69, 9.17) is 0 Å². The van der Waals surface area contributed by atoms with Gasteiger partial charge in [0.15, 0.2) is 0 Å². The Labute approximate surface area is 90.0 Å². The van der Waals surface area contributed by atoms with E-state index in [1.54, 1.807) is 6.92 Å². The van der Waals surface area contributed by atoms with Crippen molar-refractivity contribution in [1.82, 2.24) is 0 Å². The molecule has 1 atom stereocenters. The number of aliphatic hydroxyl groups is 1. The van der Waals surface area contributed by atoms with Crippen LogP contribution in [0.5, 0.6) is 0 Å². The van der Waals surface area contributed by atoms with Gasteiger partial charge in [0.05, 0.1) is 6.10 Å². The second-order valence-electron chi connectivity index (χ2n) is 3.08. The van der Waals surface area contributed by atoms with E-state index in [2.05, 4.69) is 31.3 Å². The van der Waals surface area contributed by atoms with Crippen molar-refractivity contribution in [1.29, 1.82) is 0 Å². The first-order valence-corrected chi connectivity index (χ1v) is 5.46. The van der Waals surface area contributed by atoms with Gasteiger partial charge in [-0.15, -0.1) is 0 Å². The lowest BCUT2D eigenvalue weighted by Gasteiger charge is -2.09. The molecule has 0 aromatic heterocycles. The summed E-state index contributed by atoms with van der Waals surface area (Å²) in [6.45, 7) is 1.76. The van der Waals surface area contributed by atoms with Gasteiger partial charge in [0.2, 0.25) is 0 Å². The Hall–Kier alpha value is -0.120. The zero-order chi connectivity index (χ0) is 9.84. The molecule has 0 aliphatic carbocycles. The minimum atomic E-state index is -0.418. The fourth-order valence-corrected chi connectivity index (χ4v) is 1.58. The third kappa shape index (κ3) is 2.93. The number of rotatable bonds is 3. The molecule has 3 heteroatoms. The monoisotopic (exact) mass is 214 g/mol. The van der Waals surface area contributed by atoms with Crippen LogP contribution >= 0.6 is 25.3 Å². The molecule has 0 aliphatic heterocycles. The quantitative estimate of drug-likeness (QED) is 0.661. The Morgan fingerprint density at radius 3 is 1.92 bits per heavy atom. The summed E-state index contributed by atoms with van der Waals surface area (Å²) in [7, 11) is 0. The largest absolute Gasteiger partial charge is 0.389 e. The molecule has 1 rings (SSSR count). The molecule has 0 heterocycles. The predicted molar refractivity (Wildman–Crippen MR) is 62.5 cm³/mol. The van der Waals surface area contributed by atoms with Gasteiger partial charge < -0.3 is 5.11 Å². The lowest BCUT2D eigenvalue weighted by molar-refractivity contribution is 0.199. The molecule has 0 aliphatic rings. The summed E-state index contributed by atoms with van der Waals surface area (Å²) in [5.74, 6) is 1.39. The third-order valence-electron chi connectivity index (χ3n) is 1.92. The van der Waals surface area contributed by atoms with Crippen LogP contribution in [0.2, 0.25) is 0 Å². The van der Waals surface area contributed by atoms with Crippen LogP contribution in [-0.2, 0) is 11.5 Å². The topological polar surface area (TPSA) is 20.2 Å². The first kappa shape index (κ1) is 11.0. The normalized spacial score (nSPS) is 12.9. The Bertz CT molecular complexity index is 262. The highest BCUT2D eigenvalue weighted by atomic mass is 32.1. The van der Waals surface area contributed by atoms with Crippen LogP contribution in [0.4, 0.5) is 0 Å². The van der Waals surface area contributed by atoms with Gasteiger partial charge in [0.25, 0.3) is 0 Å². The maximum absolute atomic E-state index is 9.41. The minimum Gasteiger partial charge on any atom is -0.389 e. The summed E-state index contributed by atoms with van der Waals surface area (Å²) in [5.41, 5.74) is 3.20. The summed E-state index contributed by atoms with van der Waals surface area (Å²) in [5, 5.41) is 9.41. The van der Waals surface area contributed by atoms with Crippen LogP contribution in [0, 0.1) is 0 Å². The molecule has 72 valence electrons. The first-order valence-electron chi connectivity index (χ1n) is 4.20. The highest BCUT2D eigenvalue weighted by Crippen LogP contribution is 2.19. The van der Waals surface area contributed by atoms with E-state index < -0.39 is 6.10 Å². The summed E-state index contributed by atoms with van der Waals surface area (Å²) in [6, 6.07) is 6.01. The SMILES string of the molecule is CC(O)c1cc(CS)cc(CS)c1. The van der Waals surface area contributed by atoms with Crippen LogP contribution in [0.3, 0.4) is 0 Å². The number of thiol groups is 2. The van der Waals surface area contributed by atoms with E-state index in [0.29, 0.717) is 11.5 Å². The fourth-order valence-electron chi connectivity index (χ4n) is 1.22. The molecule has 0 saturated carbocycles. The van der Waals surface area contributed by atoms with E-state index in [1.165, 1.54) is 0 Å². The van der Waals surface area contributed by atoms with E-state index >= 15 is 0 Å². The third-order valence-corrected chi connectivity index (χ3v) is 2.65. The lowest BCUT2D eigenvalue weighted by Crippen LogP contribution is -1.94. The molecule has 1 N–H and O–H groups in total. The Balaban J connectivity index is 3.07. The summed E-state index contributed by atoms with van der Waals surface area (Å²) < 4.78 is 0. The van der Waals surface area contributed by atoms with E-state index in [0.717, 1.165) is 16.7 Å². The van der Waals surface area contributed by atoms with Crippen LogP contribution in [0.15, 0.2) is 18.2 Å². The molecule has 1 aromatic carbocycles. The number of hydrogen-bond donors (Lipinski definition) is 3. The molecule has 0 spiro atoms. The van der Waals surface area contributed by atoms with E-state index in [-0.39, 0.29) is 0 Å². The molecular weight excluding hydrogens is 200 g/mol. The molecule has 13 heavy (non-hydrogen) atoms. The van der Waals surface area contributed by atoms with Crippen LogP contribution in [0.25, 0.3) is 0 Å². The van der Waals surface area contributed by atoms with Crippen molar-refractivity contribution < 1.29 is 5.11 Å². The number of hydrogen-bond acceptors (Lipinski definition) is 3. The van der Waals surface area contributed by atoms with Gasteiger partial charge in [0.1, 0.15) is 0 Å². The van der Waals surface area contributed by atoms with Gasteiger partial charge in [0, 0.05) is 11.5 Å². The lowest BCUT2D eigenvalue weighted by atomic mass is 10.0. The molecule has 0 saturated heterocycles. The van der Waals surface area contributed by atoms with E-state index in [1.807, 2.05) is 12.1 Å². The highest BCUT2D eigenvalue weighted by molar-refractivity contribution is 7.79. The van der Waals surface area contributed by atoms with Gasteiger partial charge in [-0.25, -0.2) is 0 Å². The van der Waals surface area contributed by atoms with Crippen LogP contribution < -0.4 is 0 Å². The Morgan fingerprint density at radius 1 is 1.15 bits per heavy atom. The van der Waals surface area contributed by atoms with Crippen molar-refractivity contribution in [3.8, 4) is 0 Å². The van der Waals surface area contributed by atoms with Gasteiger partial charge >= 0.3 is 0 Å². The smallest absolute Gasteiger partial charge is 0.0762 e.